The van der Waals surface area contributed by atoms with Gasteiger partial charge < -0.3 is 10.4 Å². The minimum Gasteiger partial charge on any atom is -0.506 e. The van der Waals surface area contributed by atoms with Crippen molar-refractivity contribution >= 4 is 23.2 Å². The molecule has 2 aromatic carbocycles. The van der Waals surface area contributed by atoms with Crippen LogP contribution in [0, 0.1) is 0 Å². The van der Waals surface area contributed by atoms with Gasteiger partial charge in [-0.15, -0.1) is 0 Å². The summed E-state index contributed by atoms with van der Waals surface area (Å²) in [5, 5.41) is 12.9. The van der Waals surface area contributed by atoms with Crippen LogP contribution in [0.3, 0.4) is 0 Å². The highest BCUT2D eigenvalue weighted by Gasteiger charge is 2.30. The average Bonchev–Trinajstić information content (AvgIpc) is 3.02. The van der Waals surface area contributed by atoms with E-state index >= 15 is 0 Å². The number of carbonyl (C=O) groups excluding carboxylic acids is 1. The molecule has 0 aromatic heterocycles. The van der Waals surface area contributed by atoms with E-state index in [0.717, 1.165) is 5.56 Å². The molecule has 2 atom stereocenters. The number of aromatic hydroxyl groups is 1. The molecule has 22 heavy (non-hydrogen) atoms. The quantitative estimate of drug-likeness (QED) is 0.657. The number of nitrogens with one attached hydrogen (secondary N) is 3. The fourth-order valence-electron chi connectivity index (χ4n) is 2.46. The largest absolute Gasteiger partial charge is 0.506 e. The summed E-state index contributed by atoms with van der Waals surface area (Å²) in [6.45, 7) is 0. The van der Waals surface area contributed by atoms with Crippen LogP contribution in [-0.2, 0) is 4.79 Å². The number of hydrogen-bond acceptors (Lipinski definition) is 4. The Labute approximate surface area is 133 Å². The molecule has 114 valence electrons. The SMILES string of the molecule is O=C(Nc1cc(Cl)ccc1O)C1CC(c2ccccc2)NN1. The maximum atomic E-state index is 12.3. The molecule has 2 aromatic rings. The van der Waals surface area contributed by atoms with Crippen LogP contribution in [0.2, 0.25) is 5.02 Å². The Bertz CT molecular complexity index is 678. The highest BCUT2D eigenvalue weighted by molar-refractivity contribution is 6.31. The molecule has 0 aliphatic carbocycles. The third-order valence-corrected chi connectivity index (χ3v) is 3.87. The molecule has 3 rings (SSSR count). The molecular formula is C16H16ClN3O2. The minimum atomic E-state index is -0.386. The predicted octanol–water partition coefficient (Wildman–Crippen LogP) is 2.59. The Morgan fingerprint density at radius 2 is 1.95 bits per heavy atom. The Balaban J connectivity index is 1.66. The van der Waals surface area contributed by atoms with Gasteiger partial charge >= 0.3 is 0 Å². The monoisotopic (exact) mass is 317 g/mol. The van der Waals surface area contributed by atoms with Gasteiger partial charge in [0.05, 0.1) is 5.69 Å². The van der Waals surface area contributed by atoms with Crippen molar-refractivity contribution < 1.29 is 9.90 Å². The second kappa shape index (κ2) is 6.36. The molecule has 2 unspecified atom stereocenters. The van der Waals surface area contributed by atoms with Crippen molar-refractivity contribution in [2.45, 2.75) is 18.5 Å². The topological polar surface area (TPSA) is 73.4 Å². The predicted molar refractivity (Wildman–Crippen MR) is 85.6 cm³/mol. The van der Waals surface area contributed by atoms with Gasteiger partial charge in [0.1, 0.15) is 11.8 Å². The zero-order valence-corrected chi connectivity index (χ0v) is 12.5. The number of phenolic OH excluding ortho intramolecular Hbond substituents is 1. The molecule has 4 N–H and O–H groups in total. The van der Waals surface area contributed by atoms with Crippen LogP contribution in [0.15, 0.2) is 48.5 Å². The van der Waals surface area contributed by atoms with Gasteiger partial charge in [-0.25, -0.2) is 10.9 Å². The summed E-state index contributed by atoms with van der Waals surface area (Å²) in [5.74, 6) is -0.230. The maximum Gasteiger partial charge on any atom is 0.243 e. The Morgan fingerprint density at radius 1 is 1.18 bits per heavy atom. The number of benzene rings is 2. The van der Waals surface area contributed by atoms with Crippen LogP contribution in [0.5, 0.6) is 5.75 Å². The van der Waals surface area contributed by atoms with Crippen LogP contribution in [-0.4, -0.2) is 17.1 Å². The first-order chi connectivity index (χ1) is 10.6. The first-order valence-electron chi connectivity index (χ1n) is 6.99. The third kappa shape index (κ3) is 3.22. The van der Waals surface area contributed by atoms with Crippen LogP contribution in [0.4, 0.5) is 5.69 Å². The lowest BCUT2D eigenvalue weighted by molar-refractivity contribution is -0.117. The van der Waals surface area contributed by atoms with Crippen molar-refractivity contribution in [3.63, 3.8) is 0 Å². The van der Waals surface area contributed by atoms with Crippen molar-refractivity contribution in [1.29, 1.82) is 0 Å². The molecule has 0 saturated carbocycles. The highest BCUT2D eigenvalue weighted by Crippen LogP contribution is 2.28. The van der Waals surface area contributed by atoms with Crippen LogP contribution in [0.1, 0.15) is 18.0 Å². The number of hydrogen-bond donors (Lipinski definition) is 4. The Morgan fingerprint density at radius 3 is 2.73 bits per heavy atom. The van der Waals surface area contributed by atoms with Gasteiger partial charge in [-0.3, -0.25) is 4.79 Å². The van der Waals surface area contributed by atoms with E-state index in [1.54, 1.807) is 6.07 Å². The lowest BCUT2D eigenvalue weighted by Gasteiger charge is -2.12. The average molecular weight is 318 g/mol. The molecule has 1 heterocycles. The number of amides is 1. The molecule has 5 nitrogen and oxygen atoms in total. The highest BCUT2D eigenvalue weighted by atomic mass is 35.5. The molecule has 0 bridgehead atoms. The van der Waals surface area contributed by atoms with Gasteiger partial charge in [-0.05, 0) is 30.2 Å². The number of anilines is 1. The second-order valence-corrected chi connectivity index (χ2v) is 5.63. The standard InChI is InChI=1S/C16H16ClN3O2/c17-11-6-7-15(21)13(8-11)18-16(22)14-9-12(19-20-14)10-4-2-1-3-5-10/h1-8,12,14,19-21H,9H2,(H,18,22). The summed E-state index contributed by atoms with van der Waals surface area (Å²) in [6, 6.07) is 14.1. The minimum absolute atomic E-state index is 0.0108. The second-order valence-electron chi connectivity index (χ2n) is 5.19. The van der Waals surface area contributed by atoms with Crippen LogP contribution >= 0.6 is 11.6 Å². The van der Waals surface area contributed by atoms with E-state index in [0.29, 0.717) is 17.1 Å². The summed E-state index contributed by atoms with van der Waals surface area (Å²) in [5.41, 5.74) is 7.53. The van der Waals surface area contributed by atoms with Gasteiger partial charge in [0, 0.05) is 11.1 Å². The van der Waals surface area contributed by atoms with Crippen molar-refractivity contribution in [2.24, 2.45) is 0 Å². The van der Waals surface area contributed by atoms with Gasteiger partial charge in [0.2, 0.25) is 5.91 Å². The van der Waals surface area contributed by atoms with E-state index in [1.807, 2.05) is 30.3 Å². The van der Waals surface area contributed by atoms with Crippen LogP contribution in [0.25, 0.3) is 0 Å². The van der Waals surface area contributed by atoms with E-state index < -0.39 is 0 Å². The lowest BCUT2D eigenvalue weighted by Crippen LogP contribution is -2.39. The first kappa shape index (κ1) is 14.8. The molecule has 1 aliphatic heterocycles. The molecule has 1 fully saturated rings. The van der Waals surface area contributed by atoms with E-state index in [-0.39, 0.29) is 23.7 Å². The van der Waals surface area contributed by atoms with E-state index in [2.05, 4.69) is 16.2 Å². The van der Waals surface area contributed by atoms with Gasteiger partial charge in [0.25, 0.3) is 0 Å². The normalized spacial score (nSPS) is 20.8. The molecule has 1 amide bonds. The maximum absolute atomic E-state index is 12.3. The molecule has 1 aliphatic rings. The van der Waals surface area contributed by atoms with Crippen molar-refractivity contribution in [3.8, 4) is 5.75 Å². The molecule has 0 radical (unpaired) electrons. The fourth-order valence-corrected chi connectivity index (χ4v) is 2.63. The Kier molecular flexibility index (Phi) is 4.29. The number of carbonyl (C=O) groups is 1. The van der Waals surface area contributed by atoms with Crippen LogP contribution < -0.4 is 16.2 Å². The third-order valence-electron chi connectivity index (χ3n) is 3.64. The molecular weight excluding hydrogens is 302 g/mol. The van der Waals surface area contributed by atoms with E-state index in [1.165, 1.54) is 12.1 Å². The summed E-state index contributed by atoms with van der Waals surface area (Å²) < 4.78 is 0. The van der Waals surface area contributed by atoms with E-state index in [4.69, 9.17) is 11.6 Å². The van der Waals surface area contributed by atoms with Crippen molar-refractivity contribution in [1.82, 2.24) is 10.9 Å². The number of hydrazine groups is 1. The molecule has 0 spiro atoms. The summed E-state index contributed by atoms with van der Waals surface area (Å²) in [4.78, 5) is 12.3. The number of halogens is 1. The first-order valence-corrected chi connectivity index (χ1v) is 7.36. The Hall–Kier alpha value is -2.08. The zero-order valence-electron chi connectivity index (χ0n) is 11.7. The lowest BCUT2D eigenvalue weighted by atomic mass is 10.0. The van der Waals surface area contributed by atoms with Gasteiger partial charge in [-0.2, -0.15) is 0 Å². The number of phenols is 1. The van der Waals surface area contributed by atoms with Crippen molar-refractivity contribution in [3.05, 3.63) is 59.1 Å². The fraction of sp³-hybridized carbons (Fsp3) is 0.188. The summed E-state index contributed by atoms with van der Waals surface area (Å²) in [7, 11) is 0. The smallest absolute Gasteiger partial charge is 0.243 e. The zero-order chi connectivity index (χ0) is 15.5. The van der Waals surface area contributed by atoms with E-state index in [9.17, 15) is 9.90 Å². The number of rotatable bonds is 3. The van der Waals surface area contributed by atoms with Gasteiger partial charge in [-0.1, -0.05) is 41.9 Å². The van der Waals surface area contributed by atoms with Gasteiger partial charge in [0.15, 0.2) is 0 Å². The molecule has 6 heteroatoms. The summed E-state index contributed by atoms with van der Waals surface area (Å²) >= 11 is 5.87. The molecule has 1 saturated heterocycles. The van der Waals surface area contributed by atoms with Crippen molar-refractivity contribution in [2.75, 3.05) is 5.32 Å². The summed E-state index contributed by atoms with van der Waals surface area (Å²) in [6.07, 6.45) is 0.622.